The zero-order chi connectivity index (χ0) is 29.7. The molecule has 0 saturated carbocycles. The van der Waals surface area contributed by atoms with E-state index in [4.69, 9.17) is 11.3 Å². The van der Waals surface area contributed by atoms with E-state index in [1.807, 2.05) is 0 Å². The van der Waals surface area contributed by atoms with E-state index in [0.717, 1.165) is 12.1 Å². The quantitative estimate of drug-likeness (QED) is 0.112. The number of alkyl halides is 6. The van der Waals surface area contributed by atoms with Crippen LogP contribution in [0.3, 0.4) is 0 Å². The predicted molar refractivity (Wildman–Crippen MR) is 141 cm³/mol. The molecule has 5 rings (SSSR count). The molecule has 214 valence electrons. The van der Waals surface area contributed by atoms with Gasteiger partial charge in [-0.1, -0.05) is 0 Å². The van der Waals surface area contributed by atoms with Crippen LogP contribution in [0.2, 0.25) is 0 Å². The summed E-state index contributed by atoms with van der Waals surface area (Å²) in [7, 11) is -5.26. The third kappa shape index (κ3) is 6.15. The summed E-state index contributed by atoms with van der Waals surface area (Å²) in [6.45, 7) is 0. The van der Waals surface area contributed by atoms with Gasteiger partial charge in [-0.3, -0.25) is 0 Å². The van der Waals surface area contributed by atoms with Crippen molar-refractivity contribution in [2.75, 3.05) is 0 Å². The Morgan fingerprint density at radius 3 is 1.44 bits per heavy atom. The van der Waals surface area contributed by atoms with Gasteiger partial charge in [0.15, 0.2) is 0 Å². The van der Waals surface area contributed by atoms with Gasteiger partial charge in [-0.2, -0.15) is 0 Å². The van der Waals surface area contributed by atoms with Crippen LogP contribution < -0.4 is 11.3 Å². The molecule has 0 amide bonds. The van der Waals surface area contributed by atoms with E-state index in [0.29, 0.717) is 10.8 Å². The van der Waals surface area contributed by atoms with Gasteiger partial charge >= 0.3 is 234 Å². The molecule has 0 saturated heterocycles. The van der Waals surface area contributed by atoms with Crippen molar-refractivity contribution < 1.29 is 46.1 Å². The third-order valence-electron chi connectivity index (χ3n) is 5.56. The Labute approximate surface area is 233 Å². The van der Waals surface area contributed by atoms with Gasteiger partial charge < -0.3 is 0 Å². The molecule has 0 bridgehead atoms. The van der Waals surface area contributed by atoms with E-state index in [2.05, 4.69) is 0 Å². The van der Waals surface area contributed by atoms with Crippen molar-refractivity contribution in [3.05, 3.63) is 118 Å². The Hall–Kier alpha value is -3.70. The van der Waals surface area contributed by atoms with Gasteiger partial charge in [0.25, 0.3) is 0 Å². The number of hydrogen-bond acceptors (Lipinski definition) is 7. The van der Waals surface area contributed by atoms with E-state index in [-0.39, 0.29) is 36.5 Å². The molecule has 3 aromatic carbocycles. The first-order valence-corrected chi connectivity index (χ1v) is 15.6. The van der Waals surface area contributed by atoms with Gasteiger partial charge in [0.2, 0.25) is 0 Å². The number of fused-ring (bicyclic) bond motifs is 2. The summed E-state index contributed by atoms with van der Waals surface area (Å²) in [6, 6.07) is 13.5. The molecule has 0 aliphatic rings. The average Bonchev–Trinajstić information content (AvgIpc) is 2.89. The normalized spacial score (nSPS) is 13.1. The molecule has 0 fully saturated rings. The fourth-order valence-electron chi connectivity index (χ4n) is 3.67. The molecule has 0 N–H and O–H groups in total. The average molecular weight is 710 g/mol. The summed E-state index contributed by atoms with van der Waals surface area (Å²) in [6.07, 6.45) is -10.6. The van der Waals surface area contributed by atoms with Crippen molar-refractivity contribution in [3.63, 3.8) is 0 Å². The molecule has 2 heterocycles. The fraction of sp³-hybridized carbons (Fsp3) is 0.0769. The van der Waals surface area contributed by atoms with Crippen LogP contribution >= 0.6 is 20.2 Å². The van der Waals surface area contributed by atoms with Crippen LogP contribution in [0.25, 0.3) is 21.9 Å². The SMILES string of the molecule is O=c1ccc2ccc(I(OS(=O)(=O)c3cc(C(F)(F)F)cc(C(F)(F)F)c3)c3ccc4ccc(=O)oc4c3)cc2o1. The van der Waals surface area contributed by atoms with Gasteiger partial charge in [0, 0.05) is 0 Å². The Bertz CT molecular complexity index is 1910. The van der Waals surface area contributed by atoms with Crippen molar-refractivity contribution in [2.24, 2.45) is 0 Å². The molecule has 0 atom stereocenters. The van der Waals surface area contributed by atoms with Crippen LogP contribution in [0, 0.1) is 7.14 Å². The summed E-state index contributed by atoms with van der Waals surface area (Å²) >= 11 is -3.82. The standard InChI is InChI=1S/C26H13F6IO7S/c27-25(28,29)16-9-17(26(30,31)32)11-20(10-16)41(36,37)40-33(18-5-1-14-3-7-23(34)38-21(14)12-18)19-6-2-15-4-8-24(35)39-22(15)13-19/h1-13H. The Balaban J connectivity index is 1.69. The maximum atomic E-state index is 13.4. The van der Waals surface area contributed by atoms with E-state index >= 15 is 0 Å². The van der Waals surface area contributed by atoms with Crippen molar-refractivity contribution in [1.29, 1.82) is 0 Å². The summed E-state index contributed by atoms with van der Waals surface area (Å²) in [5, 5.41) is 0.897. The summed E-state index contributed by atoms with van der Waals surface area (Å²) in [5.41, 5.74) is -5.06. The number of benzene rings is 3. The topological polar surface area (TPSA) is 104 Å². The fourth-order valence-corrected chi connectivity index (χ4v) is 10.7. The molecule has 0 unspecified atom stereocenters. The maximum absolute atomic E-state index is 13.4. The zero-order valence-electron chi connectivity index (χ0n) is 19.9. The van der Waals surface area contributed by atoms with Crippen LogP contribution in [0.15, 0.2) is 102 Å². The minimum absolute atomic E-state index is 0.0315. The first-order chi connectivity index (χ1) is 19.1. The van der Waals surface area contributed by atoms with Gasteiger partial charge in [0.1, 0.15) is 0 Å². The molecule has 0 aliphatic heterocycles. The van der Waals surface area contributed by atoms with Crippen LogP contribution in [0.5, 0.6) is 0 Å². The molecular formula is C26H13F6IO7S. The van der Waals surface area contributed by atoms with Crippen LogP contribution in [0.4, 0.5) is 26.3 Å². The molecule has 7 nitrogen and oxygen atoms in total. The minimum atomic E-state index is -5.30. The van der Waals surface area contributed by atoms with E-state index in [9.17, 15) is 44.3 Å². The van der Waals surface area contributed by atoms with Gasteiger partial charge in [-0.15, -0.1) is 0 Å². The van der Waals surface area contributed by atoms with Crippen LogP contribution in [-0.2, 0) is 25.0 Å². The van der Waals surface area contributed by atoms with Gasteiger partial charge in [0.05, 0.1) is 0 Å². The van der Waals surface area contributed by atoms with E-state index in [1.165, 1.54) is 48.5 Å². The van der Waals surface area contributed by atoms with Crippen LogP contribution in [0.1, 0.15) is 11.1 Å². The van der Waals surface area contributed by atoms with E-state index < -0.39 is 70.0 Å². The molecule has 0 spiro atoms. The molecule has 15 heteroatoms. The number of rotatable bonds is 5. The van der Waals surface area contributed by atoms with Crippen molar-refractivity contribution >= 4 is 52.3 Å². The monoisotopic (exact) mass is 710 g/mol. The third-order valence-corrected chi connectivity index (χ3v) is 12.8. The molecule has 0 aliphatic carbocycles. The number of hydrogen-bond donors (Lipinski definition) is 0. The summed E-state index contributed by atoms with van der Waals surface area (Å²) in [5.74, 6) is 0. The summed E-state index contributed by atoms with van der Waals surface area (Å²) < 4.78 is 123. The first kappa shape index (κ1) is 28.8. The molecular weight excluding hydrogens is 697 g/mol. The Morgan fingerprint density at radius 1 is 0.610 bits per heavy atom. The number of halogens is 7. The second-order valence-corrected chi connectivity index (χ2v) is 14.9. The summed E-state index contributed by atoms with van der Waals surface area (Å²) in [4.78, 5) is 22.1. The second-order valence-electron chi connectivity index (χ2n) is 8.38. The van der Waals surface area contributed by atoms with Gasteiger partial charge in [-0.05, 0) is 0 Å². The Kier molecular flexibility index (Phi) is 7.23. The first-order valence-electron chi connectivity index (χ1n) is 11.1. The van der Waals surface area contributed by atoms with Gasteiger partial charge in [-0.25, -0.2) is 0 Å². The Morgan fingerprint density at radius 2 is 1.02 bits per heavy atom. The van der Waals surface area contributed by atoms with Crippen molar-refractivity contribution in [3.8, 4) is 0 Å². The van der Waals surface area contributed by atoms with Crippen LogP contribution in [-0.4, -0.2) is 8.42 Å². The second kappa shape index (κ2) is 10.3. The molecule has 41 heavy (non-hydrogen) atoms. The molecule has 2 aromatic heterocycles. The van der Waals surface area contributed by atoms with E-state index in [1.54, 1.807) is 0 Å². The molecule has 0 radical (unpaired) electrons. The predicted octanol–water partition coefficient (Wildman–Crippen LogP) is 6.80. The zero-order valence-corrected chi connectivity index (χ0v) is 22.9. The van der Waals surface area contributed by atoms with Crippen molar-refractivity contribution in [2.45, 2.75) is 17.2 Å². The molecule has 5 aromatic rings. The van der Waals surface area contributed by atoms with Crippen molar-refractivity contribution in [1.82, 2.24) is 0 Å².